The van der Waals surface area contributed by atoms with Gasteiger partial charge in [-0.2, -0.15) is 0 Å². The summed E-state index contributed by atoms with van der Waals surface area (Å²) in [4.78, 5) is 17.8. The third-order valence-corrected chi connectivity index (χ3v) is 4.29. The second kappa shape index (κ2) is 7.13. The minimum atomic E-state index is -0.350. The maximum atomic E-state index is 13.1. The highest BCUT2D eigenvalue weighted by atomic mass is 16.4. The van der Waals surface area contributed by atoms with Crippen molar-refractivity contribution in [3.8, 4) is 0 Å². The lowest BCUT2D eigenvalue weighted by atomic mass is 9.96. The van der Waals surface area contributed by atoms with Crippen molar-refractivity contribution in [3.05, 3.63) is 47.7 Å². The van der Waals surface area contributed by atoms with Crippen molar-refractivity contribution in [2.75, 3.05) is 0 Å². The predicted octanol–water partition coefficient (Wildman–Crippen LogP) is 3.84. The van der Waals surface area contributed by atoms with E-state index in [1.807, 2.05) is 28.8 Å². The molecule has 3 aromatic rings. The second-order valence-electron chi connectivity index (χ2n) is 8.30. The van der Waals surface area contributed by atoms with Crippen LogP contribution in [0.1, 0.15) is 75.2 Å². The van der Waals surface area contributed by atoms with Crippen molar-refractivity contribution in [2.24, 2.45) is 5.92 Å². The molecule has 0 bridgehead atoms. The molecule has 0 aliphatic heterocycles. The van der Waals surface area contributed by atoms with Gasteiger partial charge in [-0.15, -0.1) is 10.2 Å². The van der Waals surface area contributed by atoms with E-state index in [4.69, 9.17) is 4.42 Å². The third kappa shape index (κ3) is 4.02. The molecule has 3 rings (SSSR count). The minimum absolute atomic E-state index is 0.191. The average Bonchev–Trinajstić information content (AvgIpc) is 3.17. The van der Waals surface area contributed by atoms with Crippen LogP contribution in [0.2, 0.25) is 0 Å². The van der Waals surface area contributed by atoms with E-state index in [-0.39, 0.29) is 17.4 Å². The Morgan fingerprint density at radius 3 is 2.59 bits per heavy atom. The van der Waals surface area contributed by atoms with Crippen LogP contribution >= 0.6 is 0 Å². The largest absolute Gasteiger partial charge is 0.423 e. The van der Waals surface area contributed by atoms with Crippen LogP contribution in [-0.2, 0) is 5.41 Å². The molecule has 0 spiro atoms. The number of imidazole rings is 1. The monoisotopic (exact) mass is 369 g/mol. The third-order valence-electron chi connectivity index (χ3n) is 4.29. The zero-order chi connectivity index (χ0) is 19.8. The number of aromatic nitrogens is 4. The quantitative estimate of drug-likeness (QED) is 0.738. The summed E-state index contributed by atoms with van der Waals surface area (Å²) in [6, 6.07) is 5.41. The number of fused-ring (bicyclic) bond motifs is 1. The number of rotatable bonds is 5. The molecule has 0 aliphatic carbocycles. The van der Waals surface area contributed by atoms with Crippen molar-refractivity contribution in [1.29, 1.82) is 0 Å². The number of amides is 1. The van der Waals surface area contributed by atoms with Gasteiger partial charge in [0.15, 0.2) is 5.69 Å². The molecule has 3 aromatic heterocycles. The molecule has 1 atom stereocenters. The average molecular weight is 369 g/mol. The molecule has 0 fully saturated rings. The Bertz CT molecular complexity index is 949. The highest BCUT2D eigenvalue weighted by molar-refractivity contribution is 5.99. The van der Waals surface area contributed by atoms with Crippen molar-refractivity contribution in [1.82, 2.24) is 24.9 Å². The Morgan fingerprint density at radius 1 is 1.26 bits per heavy atom. The van der Waals surface area contributed by atoms with Crippen LogP contribution in [0.5, 0.6) is 0 Å². The number of pyridine rings is 1. The summed E-state index contributed by atoms with van der Waals surface area (Å²) in [7, 11) is 0. The highest BCUT2D eigenvalue weighted by Crippen LogP contribution is 2.26. The maximum absolute atomic E-state index is 13.1. The molecular weight excluding hydrogens is 342 g/mol. The zero-order valence-electron chi connectivity index (χ0n) is 16.8. The fourth-order valence-electron chi connectivity index (χ4n) is 3.11. The number of carbonyl (C=O) groups is 1. The number of aryl methyl sites for hydroxylation is 1. The molecule has 3 heterocycles. The van der Waals surface area contributed by atoms with Gasteiger partial charge in [0.05, 0.1) is 5.52 Å². The number of hydrogen-bond acceptors (Lipinski definition) is 5. The Morgan fingerprint density at radius 2 is 2.00 bits per heavy atom. The van der Waals surface area contributed by atoms with Crippen molar-refractivity contribution in [3.63, 3.8) is 0 Å². The normalized spacial score (nSPS) is 13.3. The SMILES string of the molecule is Cc1nnc(C(CC(C)C)NC(=O)c2nc(C(C)(C)C)n3ccccc23)o1. The second-order valence-corrected chi connectivity index (χ2v) is 8.30. The molecule has 0 aromatic carbocycles. The van der Waals surface area contributed by atoms with Crippen LogP contribution < -0.4 is 5.32 Å². The Kier molecular flexibility index (Phi) is 5.04. The smallest absolute Gasteiger partial charge is 0.272 e. The predicted molar refractivity (Wildman–Crippen MR) is 103 cm³/mol. The van der Waals surface area contributed by atoms with Gasteiger partial charge >= 0.3 is 0 Å². The van der Waals surface area contributed by atoms with E-state index in [0.717, 1.165) is 11.3 Å². The number of nitrogens with zero attached hydrogens (tertiary/aromatic N) is 4. The summed E-state index contributed by atoms with van der Waals surface area (Å²) in [5, 5.41) is 11.0. The van der Waals surface area contributed by atoms with Gasteiger partial charge < -0.3 is 14.1 Å². The first-order chi connectivity index (χ1) is 12.7. The summed E-state index contributed by atoms with van der Waals surface area (Å²) in [6.45, 7) is 12.2. The van der Waals surface area contributed by atoms with Crippen LogP contribution in [0.25, 0.3) is 5.52 Å². The summed E-state index contributed by atoms with van der Waals surface area (Å²) in [6.07, 6.45) is 2.64. The Balaban J connectivity index is 1.97. The van der Waals surface area contributed by atoms with E-state index >= 15 is 0 Å². The van der Waals surface area contributed by atoms with Gasteiger partial charge in [-0.25, -0.2) is 4.98 Å². The molecule has 0 saturated heterocycles. The van der Waals surface area contributed by atoms with Gasteiger partial charge in [0.2, 0.25) is 11.8 Å². The van der Waals surface area contributed by atoms with Crippen LogP contribution in [0.15, 0.2) is 28.8 Å². The van der Waals surface area contributed by atoms with E-state index in [0.29, 0.717) is 29.8 Å². The fourth-order valence-corrected chi connectivity index (χ4v) is 3.11. The van der Waals surface area contributed by atoms with Crippen molar-refractivity contribution in [2.45, 2.75) is 59.4 Å². The molecule has 7 nitrogen and oxygen atoms in total. The zero-order valence-corrected chi connectivity index (χ0v) is 16.8. The lowest BCUT2D eigenvalue weighted by Gasteiger charge is -2.17. The van der Waals surface area contributed by atoms with Gasteiger partial charge in [-0.3, -0.25) is 4.79 Å². The summed E-state index contributed by atoms with van der Waals surface area (Å²) in [5.41, 5.74) is 0.999. The van der Waals surface area contributed by atoms with Gasteiger partial charge in [0.25, 0.3) is 5.91 Å². The topological polar surface area (TPSA) is 85.3 Å². The molecule has 1 amide bonds. The first kappa shape index (κ1) is 19.1. The lowest BCUT2D eigenvalue weighted by molar-refractivity contribution is 0.0921. The molecule has 1 unspecified atom stereocenters. The highest BCUT2D eigenvalue weighted by Gasteiger charge is 2.28. The summed E-state index contributed by atoms with van der Waals surface area (Å²) < 4.78 is 7.54. The molecule has 144 valence electrons. The fraction of sp³-hybridized carbons (Fsp3) is 0.500. The molecule has 0 saturated carbocycles. The summed E-state index contributed by atoms with van der Waals surface area (Å²) >= 11 is 0. The van der Waals surface area contributed by atoms with Crippen molar-refractivity contribution >= 4 is 11.4 Å². The van der Waals surface area contributed by atoms with E-state index in [2.05, 4.69) is 55.1 Å². The van der Waals surface area contributed by atoms with Crippen LogP contribution in [0, 0.1) is 12.8 Å². The Labute approximate surface area is 159 Å². The molecule has 7 heteroatoms. The van der Waals surface area contributed by atoms with Gasteiger partial charge in [-0.05, 0) is 24.5 Å². The standard InChI is InChI=1S/C20H27N5O2/c1-12(2)11-14(18-24-23-13(3)27-18)21-17(26)16-15-9-7-8-10-25(15)19(22-16)20(4,5)6/h7-10,12,14H,11H2,1-6H3,(H,21,26). The molecule has 0 aliphatic rings. The van der Waals surface area contributed by atoms with E-state index in [1.165, 1.54) is 0 Å². The van der Waals surface area contributed by atoms with E-state index < -0.39 is 0 Å². The van der Waals surface area contributed by atoms with Crippen LogP contribution in [-0.4, -0.2) is 25.5 Å². The van der Waals surface area contributed by atoms with Crippen LogP contribution in [0.4, 0.5) is 0 Å². The van der Waals surface area contributed by atoms with Crippen molar-refractivity contribution < 1.29 is 9.21 Å². The maximum Gasteiger partial charge on any atom is 0.272 e. The van der Waals surface area contributed by atoms with Gasteiger partial charge in [0, 0.05) is 18.5 Å². The molecule has 0 radical (unpaired) electrons. The summed E-state index contributed by atoms with van der Waals surface area (Å²) in [5.74, 6) is 1.86. The lowest BCUT2D eigenvalue weighted by Crippen LogP contribution is -2.30. The van der Waals surface area contributed by atoms with Gasteiger partial charge in [-0.1, -0.05) is 40.7 Å². The number of carbonyl (C=O) groups excluding carboxylic acids is 1. The Hall–Kier alpha value is -2.70. The number of hydrogen-bond donors (Lipinski definition) is 1. The van der Waals surface area contributed by atoms with Gasteiger partial charge in [0.1, 0.15) is 11.9 Å². The van der Waals surface area contributed by atoms with E-state index in [1.54, 1.807) is 6.92 Å². The first-order valence-electron chi connectivity index (χ1n) is 9.25. The number of nitrogens with one attached hydrogen (secondary N) is 1. The van der Waals surface area contributed by atoms with E-state index in [9.17, 15) is 4.79 Å². The van der Waals surface area contributed by atoms with Crippen LogP contribution in [0.3, 0.4) is 0 Å². The minimum Gasteiger partial charge on any atom is -0.423 e. The first-order valence-corrected chi connectivity index (χ1v) is 9.25. The molecule has 1 N–H and O–H groups in total. The molecule has 27 heavy (non-hydrogen) atoms. The molecular formula is C20H27N5O2.